The quantitative estimate of drug-likeness (QED) is 0.525. The fraction of sp³-hybridized carbons (Fsp3) is 0.300. The molecule has 0 radical (unpaired) electrons. The Morgan fingerprint density at radius 1 is 1.41 bits per heavy atom. The van der Waals surface area contributed by atoms with Crippen molar-refractivity contribution < 1.29 is 23.9 Å². The second kappa shape index (κ2) is 5.93. The zero-order valence-corrected chi connectivity index (χ0v) is 10.1. The normalized spacial score (nSPS) is 13.1. The van der Waals surface area contributed by atoms with Gasteiger partial charge in [-0.25, -0.2) is 9.65 Å². The first-order valence-corrected chi connectivity index (χ1v) is 6.48. The number of methoxy groups -OCH3 is 1. The monoisotopic (exact) mass is 259 g/mol. The maximum absolute atomic E-state index is 11.4. The third-order valence-corrected chi connectivity index (χ3v) is 2.74. The Morgan fingerprint density at radius 2 is 2.00 bits per heavy atom. The summed E-state index contributed by atoms with van der Waals surface area (Å²) in [5, 5.41) is 1.95. The summed E-state index contributed by atoms with van der Waals surface area (Å²) in [5.74, 6) is -0.711. The van der Waals surface area contributed by atoms with Crippen LogP contribution in [0, 0.1) is 0 Å². The fourth-order valence-electron chi connectivity index (χ4n) is 1.38. The number of esters is 1. The van der Waals surface area contributed by atoms with E-state index < -0.39 is 19.8 Å². The molecule has 1 rings (SSSR count). The Kier molecular flexibility index (Phi) is 4.84. The standard InChI is InChI=1S/C10H14NO5P/c1-16-10(12)9(11-17(13,14)15)7-8-5-3-2-4-6-8/h2-6,9H,7H2,1H3,(H3,11,13,14,15)/t9-/m0/s1. The Balaban J connectivity index is 2.78. The lowest BCUT2D eigenvalue weighted by atomic mass is 10.1. The van der Waals surface area contributed by atoms with Crippen molar-refractivity contribution in [2.75, 3.05) is 7.11 Å². The van der Waals surface area contributed by atoms with E-state index in [1.54, 1.807) is 24.3 Å². The third kappa shape index (κ3) is 5.10. The molecule has 6 nitrogen and oxygen atoms in total. The van der Waals surface area contributed by atoms with Gasteiger partial charge in [-0.1, -0.05) is 30.3 Å². The second-order valence-corrected chi connectivity index (χ2v) is 4.78. The highest BCUT2D eigenvalue weighted by atomic mass is 31.2. The molecule has 0 aromatic heterocycles. The molecule has 0 heterocycles. The Bertz CT molecular complexity index is 416. The SMILES string of the molecule is COC(=O)[C@H](Cc1ccccc1)NP(=O)(O)O. The van der Waals surface area contributed by atoms with Crippen LogP contribution in [-0.2, 0) is 20.5 Å². The van der Waals surface area contributed by atoms with Gasteiger partial charge >= 0.3 is 13.7 Å². The van der Waals surface area contributed by atoms with E-state index in [1.165, 1.54) is 7.11 Å². The van der Waals surface area contributed by atoms with Gasteiger partial charge in [-0.2, -0.15) is 0 Å². The van der Waals surface area contributed by atoms with E-state index in [2.05, 4.69) is 4.74 Å². The van der Waals surface area contributed by atoms with Crippen molar-refractivity contribution in [3.63, 3.8) is 0 Å². The fourth-order valence-corrected chi connectivity index (χ4v) is 1.98. The van der Waals surface area contributed by atoms with E-state index in [9.17, 15) is 9.36 Å². The van der Waals surface area contributed by atoms with Crippen molar-refractivity contribution in [2.45, 2.75) is 12.5 Å². The van der Waals surface area contributed by atoms with Crippen LogP contribution in [0.4, 0.5) is 0 Å². The number of carbonyl (C=O) groups is 1. The van der Waals surface area contributed by atoms with Crippen LogP contribution in [0.3, 0.4) is 0 Å². The van der Waals surface area contributed by atoms with Crippen LogP contribution in [0.25, 0.3) is 0 Å². The van der Waals surface area contributed by atoms with Gasteiger partial charge in [0.1, 0.15) is 6.04 Å². The number of rotatable bonds is 5. The van der Waals surface area contributed by atoms with Gasteiger partial charge in [-0.05, 0) is 12.0 Å². The summed E-state index contributed by atoms with van der Waals surface area (Å²) in [5.41, 5.74) is 0.781. The molecule has 0 aliphatic carbocycles. The Hall–Kier alpha value is -1.20. The smallest absolute Gasteiger partial charge is 0.401 e. The zero-order chi connectivity index (χ0) is 12.9. The van der Waals surface area contributed by atoms with E-state index in [-0.39, 0.29) is 6.42 Å². The minimum absolute atomic E-state index is 0.151. The molecule has 0 aliphatic heterocycles. The van der Waals surface area contributed by atoms with Crippen molar-refractivity contribution in [1.82, 2.24) is 5.09 Å². The molecule has 1 aromatic carbocycles. The highest BCUT2D eigenvalue weighted by Crippen LogP contribution is 2.29. The topological polar surface area (TPSA) is 95.9 Å². The molecule has 17 heavy (non-hydrogen) atoms. The van der Waals surface area contributed by atoms with Gasteiger partial charge < -0.3 is 14.5 Å². The highest BCUT2D eigenvalue weighted by molar-refractivity contribution is 7.49. The third-order valence-electron chi connectivity index (χ3n) is 2.09. The molecule has 94 valence electrons. The van der Waals surface area contributed by atoms with Gasteiger partial charge in [0.25, 0.3) is 0 Å². The summed E-state index contributed by atoms with van der Waals surface area (Å²) >= 11 is 0. The van der Waals surface area contributed by atoms with Crippen molar-refractivity contribution in [3.05, 3.63) is 35.9 Å². The van der Waals surface area contributed by atoms with Gasteiger partial charge in [-0.3, -0.25) is 4.79 Å². The number of hydrogen-bond donors (Lipinski definition) is 3. The summed E-state index contributed by atoms with van der Waals surface area (Å²) in [6.45, 7) is 0. The molecular weight excluding hydrogens is 245 g/mol. The molecule has 7 heteroatoms. The number of hydrogen-bond acceptors (Lipinski definition) is 3. The zero-order valence-electron chi connectivity index (χ0n) is 9.24. The average Bonchev–Trinajstić information content (AvgIpc) is 2.27. The molecule has 1 aromatic rings. The largest absolute Gasteiger partial charge is 0.468 e. The highest BCUT2D eigenvalue weighted by Gasteiger charge is 2.26. The average molecular weight is 259 g/mol. The van der Waals surface area contributed by atoms with E-state index in [0.717, 1.165) is 5.56 Å². The minimum Gasteiger partial charge on any atom is -0.468 e. The number of benzene rings is 1. The van der Waals surface area contributed by atoms with Crippen LogP contribution < -0.4 is 5.09 Å². The van der Waals surface area contributed by atoms with E-state index in [0.29, 0.717) is 0 Å². The van der Waals surface area contributed by atoms with Crippen molar-refractivity contribution in [2.24, 2.45) is 0 Å². The maximum atomic E-state index is 11.4. The summed E-state index contributed by atoms with van der Waals surface area (Å²) in [4.78, 5) is 29.0. The van der Waals surface area contributed by atoms with Crippen LogP contribution >= 0.6 is 7.75 Å². The molecule has 3 N–H and O–H groups in total. The summed E-state index contributed by atoms with van der Waals surface area (Å²) in [6, 6.07) is 7.83. The van der Waals surface area contributed by atoms with Crippen LogP contribution in [0.5, 0.6) is 0 Å². The lowest BCUT2D eigenvalue weighted by molar-refractivity contribution is -0.142. The summed E-state index contributed by atoms with van der Waals surface area (Å²) in [7, 11) is -3.31. The number of nitrogens with one attached hydrogen (secondary N) is 1. The van der Waals surface area contributed by atoms with Gasteiger partial charge in [-0.15, -0.1) is 0 Å². The van der Waals surface area contributed by atoms with Crippen molar-refractivity contribution >= 4 is 13.7 Å². The first-order chi connectivity index (χ1) is 7.92. The lowest BCUT2D eigenvalue weighted by Crippen LogP contribution is -2.37. The van der Waals surface area contributed by atoms with E-state index >= 15 is 0 Å². The molecule has 0 aliphatic rings. The van der Waals surface area contributed by atoms with Gasteiger partial charge in [0.05, 0.1) is 7.11 Å². The molecular formula is C10H14NO5P. The number of carbonyl (C=O) groups excluding carboxylic acids is 1. The predicted molar refractivity (Wildman–Crippen MR) is 61.1 cm³/mol. The van der Waals surface area contributed by atoms with Crippen LogP contribution in [0.1, 0.15) is 5.56 Å². The molecule has 0 saturated heterocycles. The van der Waals surface area contributed by atoms with Crippen LogP contribution in [0.15, 0.2) is 30.3 Å². The lowest BCUT2D eigenvalue weighted by Gasteiger charge is -2.16. The first-order valence-electron chi connectivity index (χ1n) is 4.87. The predicted octanol–water partition coefficient (Wildman–Crippen LogP) is 0.453. The Labute approximate surface area is 98.8 Å². The molecule has 0 fully saturated rings. The minimum atomic E-state index is -4.48. The molecule has 0 spiro atoms. The Morgan fingerprint density at radius 3 is 2.47 bits per heavy atom. The van der Waals surface area contributed by atoms with Crippen LogP contribution in [-0.4, -0.2) is 28.9 Å². The van der Waals surface area contributed by atoms with Gasteiger partial charge in [0, 0.05) is 0 Å². The van der Waals surface area contributed by atoms with Crippen LogP contribution in [0.2, 0.25) is 0 Å². The molecule has 0 saturated carbocycles. The molecule has 1 atom stereocenters. The van der Waals surface area contributed by atoms with E-state index in [1.807, 2.05) is 11.2 Å². The molecule has 0 bridgehead atoms. The molecule has 0 unspecified atom stereocenters. The van der Waals surface area contributed by atoms with E-state index in [4.69, 9.17) is 9.79 Å². The first kappa shape index (κ1) is 13.9. The number of ether oxygens (including phenoxy) is 1. The van der Waals surface area contributed by atoms with Gasteiger partial charge in [0.15, 0.2) is 0 Å². The van der Waals surface area contributed by atoms with Crippen molar-refractivity contribution in [1.29, 1.82) is 0 Å². The maximum Gasteiger partial charge on any atom is 0.401 e. The summed E-state index contributed by atoms with van der Waals surface area (Å²) in [6.07, 6.45) is 0.151. The second-order valence-electron chi connectivity index (χ2n) is 3.44. The summed E-state index contributed by atoms with van der Waals surface area (Å²) < 4.78 is 15.3. The molecule has 0 amide bonds. The van der Waals surface area contributed by atoms with Crippen molar-refractivity contribution in [3.8, 4) is 0 Å². The van der Waals surface area contributed by atoms with Gasteiger partial charge in [0.2, 0.25) is 0 Å².